The van der Waals surface area contributed by atoms with Gasteiger partial charge in [0.1, 0.15) is 11.9 Å². The number of fused-ring (bicyclic) bond motifs is 1. The Balaban J connectivity index is 1.42. The molecule has 1 amide bonds. The van der Waals surface area contributed by atoms with Gasteiger partial charge in [0.2, 0.25) is 11.9 Å². The summed E-state index contributed by atoms with van der Waals surface area (Å²) in [5, 5.41) is 11.1. The van der Waals surface area contributed by atoms with Gasteiger partial charge in [0.05, 0.1) is 5.69 Å². The average molecular weight is 438 g/mol. The van der Waals surface area contributed by atoms with Crippen molar-refractivity contribution < 1.29 is 4.79 Å². The fourth-order valence-corrected chi connectivity index (χ4v) is 5.13. The zero-order valence-electron chi connectivity index (χ0n) is 19.6. The van der Waals surface area contributed by atoms with Crippen LogP contribution in [0.15, 0.2) is 6.07 Å². The summed E-state index contributed by atoms with van der Waals surface area (Å²) < 4.78 is 0. The van der Waals surface area contributed by atoms with Crippen LogP contribution in [0.3, 0.4) is 0 Å². The van der Waals surface area contributed by atoms with Crippen molar-refractivity contribution in [1.82, 2.24) is 25.1 Å². The SMILES string of the molecule is CC(C)(C)c1cc(Nc2nc(N3CCC[C@@H]3C(=O)N3CCCCC3)nc3c2CCC3)n[nH]1. The van der Waals surface area contributed by atoms with Crippen molar-refractivity contribution in [3.8, 4) is 0 Å². The van der Waals surface area contributed by atoms with Gasteiger partial charge in [-0.2, -0.15) is 10.1 Å². The van der Waals surface area contributed by atoms with Crippen LogP contribution in [0.4, 0.5) is 17.6 Å². The van der Waals surface area contributed by atoms with E-state index in [0.29, 0.717) is 5.95 Å². The molecule has 0 unspecified atom stereocenters. The molecule has 2 aliphatic heterocycles. The van der Waals surface area contributed by atoms with E-state index in [2.05, 4.69) is 52.2 Å². The predicted molar refractivity (Wildman–Crippen MR) is 125 cm³/mol. The number of aromatic nitrogens is 4. The minimum absolute atomic E-state index is 0.00327. The highest BCUT2D eigenvalue weighted by Crippen LogP contribution is 2.33. The van der Waals surface area contributed by atoms with Crippen molar-refractivity contribution in [2.24, 2.45) is 0 Å². The second-order valence-electron chi connectivity index (χ2n) is 10.4. The average Bonchev–Trinajstić information content (AvgIpc) is 3.53. The summed E-state index contributed by atoms with van der Waals surface area (Å²) >= 11 is 0. The van der Waals surface area contributed by atoms with Crippen molar-refractivity contribution >= 4 is 23.5 Å². The molecular weight excluding hydrogens is 402 g/mol. The largest absolute Gasteiger partial charge is 0.341 e. The number of piperidine rings is 1. The summed E-state index contributed by atoms with van der Waals surface area (Å²) in [4.78, 5) is 27.4. The highest BCUT2D eigenvalue weighted by atomic mass is 16.2. The van der Waals surface area contributed by atoms with E-state index in [4.69, 9.17) is 9.97 Å². The molecule has 3 aliphatic rings. The standard InChI is InChI=1S/C24H35N7O/c1-24(2,3)19-15-20(29-28-19)26-21-16-9-7-10-17(16)25-23(27-21)31-14-8-11-18(31)22(32)30-12-5-4-6-13-30/h15,18H,4-14H2,1-3H3,(H2,25,26,27,28,29)/t18-/m1/s1. The first-order valence-corrected chi connectivity index (χ1v) is 12.2. The molecule has 1 aliphatic carbocycles. The molecule has 32 heavy (non-hydrogen) atoms. The number of amides is 1. The van der Waals surface area contributed by atoms with E-state index < -0.39 is 0 Å². The van der Waals surface area contributed by atoms with Crippen LogP contribution in [0, 0.1) is 0 Å². The third-order valence-corrected chi connectivity index (χ3v) is 7.02. The van der Waals surface area contributed by atoms with Crippen molar-refractivity contribution in [3.63, 3.8) is 0 Å². The molecule has 0 radical (unpaired) electrons. The van der Waals surface area contributed by atoms with E-state index in [9.17, 15) is 4.79 Å². The van der Waals surface area contributed by atoms with Crippen LogP contribution in [0.25, 0.3) is 0 Å². The number of H-pyrrole nitrogens is 1. The summed E-state index contributed by atoms with van der Waals surface area (Å²) in [5.74, 6) is 2.55. The number of aromatic amines is 1. The smallest absolute Gasteiger partial charge is 0.245 e. The first-order chi connectivity index (χ1) is 15.4. The highest BCUT2D eigenvalue weighted by molar-refractivity contribution is 5.85. The van der Waals surface area contributed by atoms with E-state index in [1.54, 1.807) is 0 Å². The van der Waals surface area contributed by atoms with Gasteiger partial charge >= 0.3 is 0 Å². The van der Waals surface area contributed by atoms with Crippen LogP contribution in [-0.2, 0) is 23.1 Å². The number of aryl methyl sites for hydroxylation is 1. The fourth-order valence-electron chi connectivity index (χ4n) is 5.13. The third-order valence-electron chi connectivity index (χ3n) is 7.02. The van der Waals surface area contributed by atoms with Gasteiger partial charge in [-0.25, -0.2) is 4.98 Å². The van der Waals surface area contributed by atoms with Gasteiger partial charge in [-0.05, 0) is 51.4 Å². The Kier molecular flexibility index (Phi) is 5.55. The van der Waals surface area contributed by atoms with Crippen molar-refractivity contribution in [1.29, 1.82) is 0 Å². The molecule has 4 heterocycles. The normalized spacial score (nSPS) is 21.2. The maximum atomic E-state index is 13.3. The lowest BCUT2D eigenvalue weighted by atomic mass is 9.92. The van der Waals surface area contributed by atoms with Crippen LogP contribution < -0.4 is 10.2 Å². The van der Waals surface area contributed by atoms with Gasteiger partial charge in [-0.15, -0.1) is 0 Å². The summed E-state index contributed by atoms with van der Waals surface area (Å²) in [5.41, 5.74) is 3.38. The number of rotatable bonds is 4. The number of nitrogens with zero attached hydrogens (tertiary/aromatic N) is 5. The molecule has 2 aromatic heterocycles. The molecule has 172 valence electrons. The summed E-state index contributed by atoms with van der Waals surface area (Å²) in [6.45, 7) is 9.10. The number of nitrogens with one attached hydrogen (secondary N) is 2. The van der Waals surface area contributed by atoms with Crippen LogP contribution in [0.2, 0.25) is 0 Å². The molecule has 0 aromatic carbocycles. The van der Waals surface area contributed by atoms with Gasteiger partial charge in [-0.3, -0.25) is 9.89 Å². The van der Waals surface area contributed by atoms with E-state index in [1.165, 1.54) is 12.0 Å². The minimum atomic E-state index is -0.140. The Hall–Kier alpha value is -2.64. The summed E-state index contributed by atoms with van der Waals surface area (Å²) in [6, 6.07) is 1.92. The van der Waals surface area contributed by atoms with Crippen molar-refractivity contribution in [2.45, 2.75) is 83.6 Å². The van der Waals surface area contributed by atoms with Gasteiger partial charge < -0.3 is 15.1 Å². The molecule has 0 spiro atoms. The molecule has 0 bridgehead atoms. The molecule has 8 heteroatoms. The van der Waals surface area contributed by atoms with Gasteiger partial charge in [0.15, 0.2) is 5.82 Å². The van der Waals surface area contributed by atoms with Gasteiger partial charge in [0.25, 0.3) is 0 Å². The molecule has 2 saturated heterocycles. The van der Waals surface area contributed by atoms with Crippen molar-refractivity contribution in [3.05, 3.63) is 23.0 Å². The lowest BCUT2D eigenvalue weighted by Crippen LogP contribution is -2.48. The van der Waals surface area contributed by atoms with E-state index in [-0.39, 0.29) is 17.4 Å². The van der Waals surface area contributed by atoms with E-state index in [0.717, 1.165) is 87.6 Å². The number of hydrogen-bond acceptors (Lipinski definition) is 6. The lowest BCUT2D eigenvalue weighted by Gasteiger charge is -2.32. The van der Waals surface area contributed by atoms with Gasteiger partial charge in [0, 0.05) is 42.4 Å². The number of carbonyl (C=O) groups is 1. The summed E-state index contributed by atoms with van der Waals surface area (Å²) in [6.07, 6.45) is 8.37. The molecule has 2 aromatic rings. The third kappa shape index (κ3) is 4.07. The number of anilines is 3. The zero-order valence-corrected chi connectivity index (χ0v) is 19.6. The molecule has 1 atom stereocenters. The molecule has 0 saturated carbocycles. The highest BCUT2D eigenvalue weighted by Gasteiger charge is 2.36. The quantitative estimate of drug-likeness (QED) is 0.758. The summed E-state index contributed by atoms with van der Waals surface area (Å²) in [7, 11) is 0. The number of hydrogen-bond donors (Lipinski definition) is 2. The van der Waals surface area contributed by atoms with E-state index >= 15 is 0 Å². The molecule has 2 N–H and O–H groups in total. The number of likely N-dealkylation sites (tertiary alicyclic amines) is 1. The number of carbonyl (C=O) groups excluding carboxylic acids is 1. The lowest BCUT2D eigenvalue weighted by molar-refractivity contribution is -0.133. The van der Waals surface area contributed by atoms with Crippen molar-refractivity contribution in [2.75, 3.05) is 29.9 Å². The molecule has 2 fully saturated rings. The Bertz CT molecular complexity index is 987. The van der Waals surface area contributed by atoms with Crippen LogP contribution in [0.1, 0.15) is 76.2 Å². The minimum Gasteiger partial charge on any atom is -0.341 e. The molecular formula is C24H35N7O. The monoisotopic (exact) mass is 437 g/mol. The Labute approximate surface area is 190 Å². The van der Waals surface area contributed by atoms with Crippen LogP contribution in [0.5, 0.6) is 0 Å². The van der Waals surface area contributed by atoms with Gasteiger partial charge in [-0.1, -0.05) is 20.8 Å². The van der Waals surface area contributed by atoms with Crippen LogP contribution in [-0.4, -0.2) is 56.6 Å². The predicted octanol–water partition coefficient (Wildman–Crippen LogP) is 3.71. The zero-order chi connectivity index (χ0) is 22.3. The maximum Gasteiger partial charge on any atom is 0.245 e. The first kappa shape index (κ1) is 21.2. The second kappa shape index (κ2) is 8.37. The second-order valence-corrected chi connectivity index (χ2v) is 10.4. The Morgan fingerprint density at radius 2 is 1.88 bits per heavy atom. The maximum absolute atomic E-state index is 13.3. The molecule has 5 rings (SSSR count). The Morgan fingerprint density at radius 1 is 1.06 bits per heavy atom. The first-order valence-electron chi connectivity index (χ1n) is 12.2. The Morgan fingerprint density at radius 3 is 2.62 bits per heavy atom. The molecule has 8 nitrogen and oxygen atoms in total. The van der Waals surface area contributed by atoms with E-state index in [1.807, 2.05) is 0 Å². The van der Waals surface area contributed by atoms with Crippen LogP contribution >= 0.6 is 0 Å². The fraction of sp³-hybridized carbons (Fsp3) is 0.667. The topological polar surface area (TPSA) is 90.0 Å².